The molecule has 0 unspecified atom stereocenters. The second-order valence-corrected chi connectivity index (χ2v) is 7.88. The Hall–Kier alpha value is -2.65. The lowest BCUT2D eigenvalue weighted by Gasteiger charge is -2.14. The van der Waals surface area contributed by atoms with Gasteiger partial charge in [0.1, 0.15) is 5.82 Å². The van der Waals surface area contributed by atoms with E-state index < -0.39 is 27.8 Å². The van der Waals surface area contributed by atoms with Crippen LogP contribution in [0.1, 0.15) is 18.1 Å². The molecule has 0 aliphatic carbocycles. The number of carbonyl (C=O) groups is 1. The molecule has 27 heavy (non-hydrogen) atoms. The minimum absolute atomic E-state index is 0.165. The van der Waals surface area contributed by atoms with E-state index in [9.17, 15) is 17.6 Å². The Morgan fingerprint density at radius 2 is 1.78 bits per heavy atom. The van der Waals surface area contributed by atoms with Crippen LogP contribution in [-0.2, 0) is 27.1 Å². The Kier molecular flexibility index (Phi) is 5.62. The first kappa shape index (κ1) is 19.1. The van der Waals surface area contributed by atoms with Crippen LogP contribution in [-0.4, -0.2) is 27.2 Å². The summed E-state index contributed by atoms with van der Waals surface area (Å²) in [5, 5.41) is 2.67. The van der Waals surface area contributed by atoms with Crippen molar-refractivity contribution in [2.24, 2.45) is 0 Å². The van der Waals surface area contributed by atoms with E-state index in [2.05, 4.69) is 10.0 Å². The lowest BCUT2D eigenvalue weighted by molar-refractivity contribution is -0.122. The number of carbonyl (C=O) groups excluding carboxylic acids is 1. The molecule has 9 heteroatoms. The Morgan fingerprint density at radius 3 is 2.52 bits per heavy atom. The van der Waals surface area contributed by atoms with Gasteiger partial charge in [0.05, 0.1) is 11.8 Å². The largest absolute Gasteiger partial charge is 0.454 e. The third kappa shape index (κ3) is 5.18. The van der Waals surface area contributed by atoms with Crippen molar-refractivity contribution in [3.8, 4) is 11.5 Å². The van der Waals surface area contributed by atoms with Crippen LogP contribution in [0.5, 0.6) is 11.5 Å². The molecule has 0 radical (unpaired) electrons. The van der Waals surface area contributed by atoms with Crippen molar-refractivity contribution in [3.05, 3.63) is 59.4 Å². The third-order valence-electron chi connectivity index (χ3n) is 3.92. The van der Waals surface area contributed by atoms with Gasteiger partial charge in [-0.3, -0.25) is 4.79 Å². The number of hydrogen-bond acceptors (Lipinski definition) is 5. The van der Waals surface area contributed by atoms with Gasteiger partial charge in [0.15, 0.2) is 11.5 Å². The second-order valence-electron chi connectivity index (χ2n) is 6.13. The summed E-state index contributed by atoms with van der Waals surface area (Å²) in [4.78, 5) is 12.2. The van der Waals surface area contributed by atoms with Crippen LogP contribution in [0.15, 0.2) is 42.5 Å². The third-order valence-corrected chi connectivity index (χ3v) is 5.35. The highest BCUT2D eigenvalue weighted by Gasteiger charge is 2.21. The van der Waals surface area contributed by atoms with Crippen LogP contribution in [0.3, 0.4) is 0 Å². The fraction of sp³-hybridized carbons (Fsp3) is 0.278. The second kappa shape index (κ2) is 7.93. The Balaban J connectivity index is 1.52. The number of benzene rings is 2. The average Bonchev–Trinajstić information content (AvgIpc) is 3.08. The van der Waals surface area contributed by atoms with E-state index in [1.54, 1.807) is 18.2 Å². The van der Waals surface area contributed by atoms with Crippen molar-refractivity contribution in [3.63, 3.8) is 0 Å². The van der Waals surface area contributed by atoms with Crippen molar-refractivity contribution in [2.75, 3.05) is 6.79 Å². The lowest BCUT2D eigenvalue weighted by atomic mass is 10.2. The maximum Gasteiger partial charge on any atom is 0.238 e. The molecule has 7 nitrogen and oxygen atoms in total. The molecule has 0 fully saturated rings. The van der Waals surface area contributed by atoms with E-state index in [4.69, 9.17) is 9.47 Å². The topological polar surface area (TPSA) is 93.7 Å². The van der Waals surface area contributed by atoms with Crippen molar-refractivity contribution < 1.29 is 27.1 Å². The number of hydrogen-bond donors (Lipinski definition) is 2. The van der Waals surface area contributed by atoms with Gasteiger partial charge in [-0.25, -0.2) is 17.5 Å². The zero-order valence-electron chi connectivity index (χ0n) is 14.6. The molecule has 1 amide bonds. The normalized spacial score (nSPS) is 14.0. The van der Waals surface area contributed by atoms with E-state index in [1.165, 1.54) is 31.2 Å². The summed E-state index contributed by atoms with van der Waals surface area (Å²) in [7, 11) is -3.75. The molecule has 0 bridgehead atoms. The number of amides is 1. The van der Waals surface area contributed by atoms with Crippen molar-refractivity contribution in [2.45, 2.75) is 25.3 Å². The van der Waals surface area contributed by atoms with Gasteiger partial charge >= 0.3 is 0 Å². The smallest absolute Gasteiger partial charge is 0.238 e. The summed E-state index contributed by atoms with van der Waals surface area (Å²) in [5.41, 5.74) is 1.23. The molecule has 1 heterocycles. The van der Waals surface area contributed by atoms with Crippen LogP contribution in [0.2, 0.25) is 0 Å². The van der Waals surface area contributed by atoms with Gasteiger partial charge in [-0.15, -0.1) is 0 Å². The van der Waals surface area contributed by atoms with E-state index in [1.807, 2.05) is 0 Å². The predicted octanol–water partition coefficient (Wildman–Crippen LogP) is 1.68. The van der Waals surface area contributed by atoms with Gasteiger partial charge in [0.2, 0.25) is 22.7 Å². The van der Waals surface area contributed by atoms with Gasteiger partial charge in [0.25, 0.3) is 0 Å². The molecule has 2 aromatic carbocycles. The summed E-state index contributed by atoms with van der Waals surface area (Å²) in [5.74, 6) is 0.00470. The number of rotatable bonds is 7. The molecule has 144 valence electrons. The number of sulfonamides is 1. The van der Waals surface area contributed by atoms with Crippen LogP contribution in [0, 0.1) is 5.82 Å². The number of ether oxygens (including phenoxy) is 2. The molecule has 2 N–H and O–H groups in total. The number of fused-ring (bicyclic) bond motifs is 1. The SMILES string of the molecule is C[C@@H](NS(=O)(=O)Cc1ccc(F)cc1)C(=O)NCc1ccc2c(c1)OCO2. The standard InChI is InChI=1S/C18H19FN2O5S/c1-12(21-27(23,24)10-13-2-5-15(19)6-3-13)18(22)20-9-14-4-7-16-17(8-14)26-11-25-16/h2-8,12,21H,9-11H2,1H3,(H,20,22)/t12-/m1/s1. The quantitative estimate of drug-likeness (QED) is 0.745. The first-order valence-electron chi connectivity index (χ1n) is 8.23. The minimum Gasteiger partial charge on any atom is -0.454 e. The van der Waals surface area contributed by atoms with E-state index in [-0.39, 0.29) is 19.1 Å². The van der Waals surface area contributed by atoms with Crippen molar-refractivity contribution in [1.82, 2.24) is 10.0 Å². The monoisotopic (exact) mass is 394 g/mol. The van der Waals surface area contributed by atoms with Gasteiger partial charge < -0.3 is 14.8 Å². The molecule has 0 aromatic heterocycles. The molecule has 3 rings (SSSR count). The number of halogens is 1. The highest BCUT2D eigenvalue weighted by atomic mass is 32.2. The summed E-state index contributed by atoms with van der Waals surface area (Å²) < 4.78 is 50.1. The van der Waals surface area contributed by atoms with E-state index >= 15 is 0 Å². The number of nitrogens with one attached hydrogen (secondary N) is 2. The van der Waals surface area contributed by atoms with Gasteiger partial charge in [0, 0.05) is 6.54 Å². The highest BCUT2D eigenvalue weighted by molar-refractivity contribution is 7.88. The van der Waals surface area contributed by atoms with Gasteiger partial charge in [-0.1, -0.05) is 18.2 Å². The lowest BCUT2D eigenvalue weighted by Crippen LogP contribution is -2.44. The molecule has 0 saturated carbocycles. The minimum atomic E-state index is -3.75. The Labute approximate surface area is 156 Å². The Morgan fingerprint density at radius 1 is 1.11 bits per heavy atom. The van der Waals surface area contributed by atoms with Crippen LogP contribution < -0.4 is 19.5 Å². The summed E-state index contributed by atoms with van der Waals surface area (Å²) >= 11 is 0. The maximum atomic E-state index is 12.9. The predicted molar refractivity (Wildman–Crippen MR) is 96.0 cm³/mol. The zero-order valence-corrected chi connectivity index (χ0v) is 15.4. The Bertz CT molecular complexity index is 931. The van der Waals surface area contributed by atoms with Crippen molar-refractivity contribution >= 4 is 15.9 Å². The van der Waals surface area contributed by atoms with Gasteiger partial charge in [-0.05, 0) is 42.3 Å². The molecule has 0 saturated heterocycles. The average molecular weight is 394 g/mol. The fourth-order valence-electron chi connectivity index (χ4n) is 2.56. The van der Waals surface area contributed by atoms with E-state index in [0.29, 0.717) is 17.1 Å². The van der Waals surface area contributed by atoms with Crippen LogP contribution >= 0.6 is 0 Å². The fourth-order valence-corrected chi connectivity index (χ4v) is 3.92. The highest BCUT2D eigenvalue weighted by Crippen LogP contribution is 2.32. The molecule has 0 spiro atoms. The summed E-state index contributed by atoms with van der Waals surface area (Å²) in [6, 6.07) is 9.49. The molecular formula is C18H19FN2O5S. The molecule has 2 aromatic rings. The van der Waals surface area contributed by atoms with E-state index in [0.717, 1.165) is 5.56 Å². The van der Waals surface area contributed by atoms with Crippen LogP contribution in [0.25, 0.3) is 0 Å². The molecule has 1 aliphatic rings. The molecular weight excluding hydrogens is 375 g/mol. The zero-order chi connectivity index (χ0) is 19.4. The molecule has 1 aliphatic heterocycles. The maximum absolute atomic E-state index is 12.9. The van der Waals surface area contributed by atoms with Crippen LogP contribution in [0.4, 0.5) is 4.39 Å². The van der Waals surface area contributed by atoms with Gasteiger partial charge in [-0.2, -0.15) is 0 Å². The summed E-state index contributed by atoms with van der Waals surface area (Å²) in [6.07, 6.45) is 0. The molecule has 1 atom stereocenters. The first-order chi connectivity index (χ1) is 12.8. The first-order valence-corrected chi connectivity index (χ1v) is 9.88. The van der Waals surface area contributed by atoms with Crippen molar-refractivity contribution in [1.29, 1.82) is 0 Å². The summed E-state index contributed by atoms with van der Waals surface area (Å²) in [6.45, 7) is 1.84.